The second-order valence-electron chi connectivity index (χ2n) is 8.43. The zero-order valence-electron chi connectivity index (χ0n) is 19.6. The Morgan fingerprint density at radius 1 is 1.03 bits per heavy atom. The van der Waals surface area contributed by atoms with E-state index in [0.29, 0.717) is 17.0 Å². The zero-order valence-corrected chi connectivity index (χ0v) is 19.6. The van der Waals surface area contributed by atoms with Gasteiger partial charge in [0.25, 0.3) is 0 Å². The molecule has 0 radical (unpaired) electrons. The maximum Gasteiger partial charge on any atom is 0.330 e. The van der Waals surface area contributed by atoms with Crippen LogP contribution in [0.25, 0.3) is 11.0 Å². The summed E-state index contributed by atoms with van der Waals surface area (Å²) in [4.78, 5) is 26.9. The van der Waals surface area contributed by atoms with Gasteiger partial charge in [-0.15, -0.1) is 0 Å². The first-order valence-corrected chi connectivity index (χ1v) is 11.5. The lowest BCUT2D eigenvalue weighted by atomic mass is 10.1. The first kappa shape index (κ1) is 23.6. The molecule has 0 saturated carbocycles. The van der Waals surface area contributed by atoms with Gasteiger partial charge >= 0.3 is 5.97 Å². The van der Waals surface area contributed by atoms with Gasteiger partial charge < -0.3 is 14.4 Å². The number of rotatable bonds is 8. The third-order valence-electron chi connectivity index (χ3n) is 5.86. The largest absolute Gasteiger partial charge is 0.459 e. The van der Waals surface area contributed by atoms with Crippen molar-refractivity contribution in [3.05, 3.63) is 65.9 Å². The van der Waals surface area contributed by atoms with Crippen molar-refractivity contribution in [3.8, 4) is 6.07 Å². The molecular formula is C26H29N5O3. The minimum atomic E-state index is -1.17. The number of hydrogen-bond donors (Lipinski definition) is 0. The quantitative estimate of drug-likeness (QED) is 0.475. The van der Waals surface area contributed by atoms with Gasteiger partial charge in [-0.3, -0.25) is 9.69 Å². The van der Waals surface area contributed by atoms with Crippen LogP contribution in [0.3, 0.4) is 0 Å². The molecule has 0 bridgehead atoms. The number of methoxy groups -OCH3 is 1. The Bertz CT molecular complexity index is 1160. The van der Waals surface area contributed by atoms with Crippen LogP contribution in [0.2, 0.25) is 0 Å². The standard InChI is InChI=1S/C26H29N5O3/c1-19(18-33-2)34-26(32)21(16-27)24-25(29-23-11-7-6-10-22(23)28-24)31-14-12-30(13-15-31)17-20-8-4-3-5-9-20/h3-11,19,21H,12-15,17-18H2,1-2H3/t19-,21-/m0/s1. The third-order valence-corrected chi connectivity index (χ3v) is 5.86. The number of para-hydroxylation sites is 2. The van der Waals surface area contributed by atoms with Gasteiger partial charge in [-0.2, -0.15) is 5.26 Å². The lowest BCUT2D eigenvalue weighted by Crippen LogP contribution is -2.46. The summed E-state index contributed by atoms with van der Waals surface area (Å²) in [6, 6.07) is 20.0. The molecule has 0 spiro atoms. The van der Waals surface area contributed by atoms with Crippen molar-refractivity contribution in [3.63, 3.8) is 0 Å². The van der Waals surface area contributed by atoms with E-state index in [2.05, 4.69) is 40.1 Å². The van der Waals surface area contributed by atoms with E-state index in [1.807, 2.05) is 30.3 Å². The van der Waals surface area contributed by atoms with Crippen molar-refractivity contribution < 1.29 is 14.3 Å². The number of anilines is 1. The predicted molar refractivity (Wildman–Crippen MR) is 129 cm³/mol. The molecule has 2 aromatic carbocycles. The summed E-state index contributed by atoms with van der Waals surface area (Å²) in [5.74, 6) is -1.24. The second kappa shape index (κ2) is 11.1. The molecule has 1 aliphatic heterocycles. The van der Waals surface area contributed by atoms with Crippen molar-refractivity contribution in [1.82, 2.24) is 14.9 Å². The predicted octanol–water partition coefficient (Wildman–Crippen LogP) is 3.14. The van der Waals surface area contributed by atoms with E-state index in [-0.39, 0.29) is 6.61 Å². The van der Waals surface area contributed by atoms with Crippen LogP contribution in [0.5, 0.6) is 0 Å². The van der Waals surface area contributed by atoms with E-state index < -0.39 is 18.0 Å². The number of nitrogens with zero attached hydrogens (tertiary/aromatic N) is 5. The van der Waals surface area contributed by atoms with Gasteiger partial charge in [-0.05, 0) is 24.6 Å². The highest BCUT2D eigenvalue weighted by Crippen LogP contribution is 2.29. The molecule has 2 atom stereocenters. The lowest BCUT2D eigenvalue weighted by Gasteiger charge is -2.36. The van der Waals surface area contributed by atoms with Crippen LogP contribution < -0.4 is 4.90 Å². The van der Waals surface area contributed by atoms with Crippen LogP contribution in [-0.4, -0.2) is 66.8 Å². The summed E-state index contributed by atoms with van der Waals surface area (Å²) >= 11 is 0. The number of ether oxygens (including phenoxy) is 2. The van der Waals surface area contributed by atoms with Crippen molar-refractivity contribution in [2.24, 2.45) is 0 Å². The molecule has 2 heterocycles. The van der Waals surface area contributed by atoms with Gasteiger partial charge in [0.05, 0.1) is 23.7 Å². The third kappa shape index (κ3) is 5.50. The van der Waals surface area contributed by atoms with Crippen LogP contribution in [0.4, 0.5) is 5.82 Å². The molecule has 0 N–H and O–H groups in total. The van der Waals surface area contributed by atoms with Crippen LogP contribution >= 0.6 is 0 Å². The fourth-order valence-electron chi connectivity index (χ4n) is 4.15. The van der Waals surface area contributed by atoms with Gasteiger partial charge in [0, 0.05) is 39.8 Å². The van der Waals surface area contributed by atoms with E-state index in [9.17, 15) is 10.1 Å². The van der Waals surface area contributed by atoms with Crippen molar-refractivity contribution in [1.29, 1.82) is 5.26 Å². The fraction of sp³-hybridized carbons (Fsp3) is 0.385. The lowest BCUT2D eigenvalue weighted by molar-refractivity contribution is -0.150. The molecule has 176 valence electrons. The Kier molecular flexibility index (Phi) is 7.68. The molecule has 8 nitrogen and oxygen atoms in total. The number of carbonyl (C=O) groups excluding carboxylic acids is 1. The second-order valence-corrected chi connectivity index (χ2v) is 8.43. The first-order chi connectivity index (χ1) is 16.6. The van der Waals surface area contributed by atoms with Crippen molar-refractivity contribution in [2.75, 3.05) is 44.8 Å². The normalized spacial score (nSPS) is 16.1. The summed E-state index contributed by atoms with van der Waals surface area (Å²) < 4.78 is 10.5. The molecule has 4 rings (SSSR count). The number of carbonyl (C=O) groups is 1. The summed E-state index contributed by atoms with van der Waals surface area (Å²) in [6.07, 6.45) is -0.466. The molecule has 3 aromatic rings. The molecule has 1 aromatic heterocycles. The first-order valence-electron chi connectivity index (χ1n) is 11.5. The zero-order chi connectivity index (χ0) is 23.9. The molecule has 0 aliphatic carbocycles. The van der Waals surface area contributed by atoms with Gasteiger partial charge in [0.15, 0.2) is 11.7 Å². The number of nitriles is 1. The average molecular weight is 460 g/mol. The van der Waals surface area contributed by atoms with Crippen LogP contribution in [0.1, 0.15) is 24.1 Å². The fourth-order valence-corrected chi connectivity index (χ4v) is 4.15. The number of piperazine rings is 1. The van der Waals surface area contributed by atoms with Crippen LogP contribution in [-0.2, 0) is 20.8 Å². The van der Waals surface area contributed by atoms with Crippen LogP contribution in [0, 0.1) is 11.3 Å². The SMILES string of the molecule is COC[C@H](C)OC(=O)[C@@H](C#N)c1nc2ccccc2nc1N1CCN(Cc2ccccc2)CC1. The maximum absolute atomic E-state index is 12.9. The van der Waals surface area contributed by atoms with E-state index >= 15 is 0 Å². The van der Waals surface area contributed by atoms with Gasteiger partial charge in [0.2, 0.25) is 0 Å². The van der Waals surface area contributed by atoms with Gasteiger partial charge in [0.1, 0.15) is 11.8 Å². The number of fused-ring (bicyclic) bond motifs is 1. The Balaban J connectivity index is 1.58. The number of benzene rings is 2. The average Bonchev–Trinajstić information content (AvgIpc) is 2.85. The highest BCUT2D eigenvalue weighted by Gasteiger charge is 2.32. The minimum absolute atomic E-state index is 0.253. The van der Waals surface area contributed by atoms with E-state index in [1.165, 1.54) is 12.7 Å². The molecule has 1 aliphatic rings. The number of aromatic nitrogens is 2. The summed E-state index contributed by atoms with van der Waals surface area (Å²) in [7, 11) is 1.54. The van der Waals surface area contributed by atoms with Gasteiger partial charge in [-0.25, -0.2) is 9.97 Å². The molecule has 34 heavy (non-hydrogen) atoms. The molecule has 0 unspecified atom stereocenters. The smallest absolute Gasteiger partial charge is 0.330 e. The molecule has 1 saturated heterocycles. The van der Waals surface area contributed by atoms with E-state index in [4.69, 9.17) is 19.4 Å². The Labute approximate surface area is 199 Å². The summed E-state index contributed by atoms with van der Waals surface area (Å²) in [6.45, 7) is 6.00. The monoisotopic (exact) mass is 459 g/mol. The van der Waals surface area contributed by atoms with Crippen LogP contribution in [0.15, 0.2) is 54.6 Å². The molecule has 0 amide bonds. The highest BCUT2D eigenvalue weighted by molar-refractivity contribution is 5.85. The number of hydrogen-bond acceptors (Lipinski definition) is 8. The summed E-state index contributed by atoms with van der Waals surface area (Å²) in [5.41, 5.74) is 2.99. The minimum Gasteiger partial charge on any atom is -0.459 e. The van der Waals surface area contributed by atoms with E-state index in [1.54, 1.807) is 6.92 Å². The van der Waals surface area contributed by atoms with E-state index in [0.717, 1.165) is 38.2 Å². The summed E-state index contributed by atoms with van der Waals surface area (Å²) in [5, 5.41) is 9.92. The van der Waals surface area contributed by atoms with Gasteiger partial charge in [-0.1, -0.05) is 42.5 Å². The topological polar surface area (TPSA) is 91.6 Å². The number of esters is 1. The Morgan fingerprint density at radius 2 is 1.68 bits per heavy atom. The Morgan fingerprint density at radius 3 is 2.32 bits per heavy atom. The molecular weight excluding hydrogens is 430 g/mol. The Hall–Kier alpha value is -3.54. The highest BCUT2D eigenvalue weighted by atomic mass is 16.6. The molecule has 8 heteroatoms. The maximum atomic E-state index is 12.9. The van der Waals surface area contributed by atoms with Crippen molar-refractivity contribution in [2.45, 2.75) is 25.5 Å². The molecule has 1 fully saturated rings. The van der Waals surface area contributed by atoms with Crippen molar-refractivity contribution >= 4 is 22.8 Å².